The highest BCUT2D eigenvalue weighted by Gasteiger charge is 2.19. The van der Waals surface area contributed by atoms with Crippen LogP contribution in [0, 0.1) is 5.92 Å². The molecule has 1 aromatic rings. The standard InChI is InChI=1S/C19H29N3O/c1-21-10-3-11-22(13-12-21)19(23)18-7-5-16(6-8-18)14-17-4-2-9-20-15-17/h5-8,17,20H,2-4,9-15H2,1H3. The number of carbonyl (C=O) groups excluding carboxylic acids is 1. The fourth-order valence-corrected chi connectivity index (χ4v) is 3.65. The molecule has 126 valence electrons. The molecule has 2 saturated heterocycles. The van der Waals surface area contributed by atoms with E-state index >= 15 is 0 Å². The van der Waals surface area contributed by atoms with Crippen molar-refractivity contribution in [3.05, 3.63) is 35.4 Å². The van der Waals surface area contributed by atoms with Gasteiger partial charge in [-0.25, -0.2) is 0 Å². The van der Waals surface area contributed by atoms with Crippen LogP contribution in [0.2, 0.25) is 0 Å². The van der Waals surface area contributed by atoms with Gasteiger partial charge in [0.15, 0.2) is 0 Å². The first-order chi connectivity index (χ1) is 11.2. The van der Waals surface area contributed by atoms with Gasteiger partial charge in [-0.05, 0) is 76.0 Å². The van der Waals surface area contributed by atoms with Crippen LogP contribution >= 0.6 is 0 Å². The Balaban J connectivity index is 1.58. The van der Waals surface area contributed by atoms with Gasteiger partial charge >= 0.3 is 0 Å². The van der Waals surface area contributed by atoms with Gasteiger partial charge in [-0.1, -0.05) is 12.1 Å². The number of likely N-dealkylation sites (N-methyl/N-ethyl adjacent to an activating group) is 1. The topological polar surface area (TPSA) is 35.6 Å². The summed E-state index contributed by atoms with van der Waals surface area (Å²) in [5, 5.41) is 3.47. The average Bonchev–Trinajstić information content (AvgIpc) is 2.80. The van der Waals surface area contributed by atoms with Crippen molar-refractivity contribution in [3.8, 4) is 0 Å². The van der Waals surface area contributed by atoms with Gasteiger partial charge in [-0.3, -0.25) is 4.79 Å². The van der Waals surface area contributed by atoms with Crippen LogP contribution in [-0.2, 0) is 6.42 Å². The zero-order chi connectivity index (χ0) is 16.1. The minimum absolute atomic E-state index is 0.186. The van der Waals surface area contributed by atoms with E-state index in [0.29, 0.717) is 0 Å². The lowest BCUT2D eigenvalue weighted by atomic mass is 9.92. The van der Waals surface area contributed by atoms with Gasteiger partial charge in [0, 0.05) is 25.2 Å². The van der Waals surface area contributed by atoms with Crippen molar-refractivity contribution in [2.45, 2.75) is 25.7 Å². The van der Waals surface area contributed by atoms with Crippen LogP contribution in [0.4, 0.5) is 0 Å². The molecule has 0 saturated carbocycles. The highest BCUT2D eigenvalue weighted by molar-refractivity contribution is 5.94. The number of hydrogen-bond acceptors (Lipinski definition) is 3. The second-order valence-electron chi connectivity index (χ2n) is 7.06. The monoisotopic (exact) mass is 315 g/mol. The molecule has 2 heterocycles. The zero-order valence-corrected chi connectivity index (χ0v) is 14.3. The quantitative estimate of drug-likeness (QED) is 0.927. The van der Waals surface area contributed by atoms with Crippen LogP contribution < -0.4 is 5.32 Å². The van der Waals surface area contributed by atoms with Crippen molar-refractivity contribution in [1.29, 1.82) is 0 Å². The Morgan fingerprint density at radius 3 is 2.70 bits per heavy atom. The normalized spacial score (nSPS) is 23.5. The first-order valence-electron chi connectivity index (χ1n) is 9.00. The van der Waals surface area contributed by atoms with E-state index in [-0.39, 0.29) is 5.91 Å². The third-order valence-corrected chi connectivity index (χ3v) is 5.13. The summed E-state index contributed by atoms with van der Waals surface area (Å²) in [5.74, 6) is 0.928. The minimum Gasteiger partial charge on any atom is -0.337 e. The number of nitrogens with one attached hydrogen (secondary N) is 1. The molecule has 2 aliphatic rings. The Morgan fingerprint density at radius 2 is 1.96 bits per heavy atom. The maximum Gasteiger partial charge on any atom is 0.253 e. The highest BCUT2D eigenvalue weighted by atomic mass is 16.2. The van der Waals surface area contributed by atoms with E-state index in [1.165, 1.54) is 18.4 Å². The molecule has 0 spiro atoms. The SMILES string of the molecule is CN1CCCN(C(=O)c2ccc(CC3CCCNC3)cc2)CC1. The molecule has 1 unspecified atom stereocenters. The second kappa shape index (κ2) is 7.93. The van der Waals surface area contributed by atoms with Gasteiger partial charge < -0.3 is 15.1 Å². The van der Waals surface area contributed by atoms with Crippen LogP contribution in [0.1, 0.15) is 35.2 Å². The van der Waals surface area contributed by atoms with Crippen molar-refractivity contribution in [2.24, 2.45) is 5.92 Å². The van der Waals surface area contributed by atoms with Crippen LogP contribution in [-0.4, -0.2) is 62.0 Å². The third-order valence-electron chi connectivity index (χ3n) is 5.13. The van der Waals surface area contributed by atoms with Crippen molar-refractivity contribution >= 4 is 5.91 Å². The molecule has 0 aromatic heterocycles. The maximum atomic E-state index is 12.7. The number of amides is 1. The van der Waals surface area contributed by atoms with E-state index in [9.17, 15) is 4.79 Å². The largest absolute Gasteiger partial charge is 0.337 e. The summed E-state index contributed by atoms with van der Waals surface area (Å²) in [4.78, 5) is 17.0. The summed E-state index contributed by atoms with van der Waals surface area (Å²) in [5.41, 5.74) is 2.19. The molecule has 4 nitrogen and oxygen atoms in total. The average molecular weight is 315 g/mol. The summed E-state index contributed by atoms with van der Waals surface area (Å²) in [6.07, 6.45) is 4.78. The molecular weight excluding hydrogens is 286 g/mol. The number of piperidine rings is 1. The zero-order valence-electron chi connectivity index (χ0n) is 14.3. The van der Waals surface area contributed by atoms with E-state index in [0.717, 1.165) is 63.6 Å². The van der Waals surface area contributed by atoms with Crippen LogP contribution in [0.25, 0.3) is 0 Å². The molecular formula is C19H29N3O. The number of benzene rings is 1. The molecule has 2 aliphatic heterocycles. The molecule has 23 heavy (non-hydrogen) atoms. The van der Waals surface area contributed by atoms with Crippen LogP contribution in [0.5, 0.6) is 0 Å². The lowest BCUT2D eigenvalue weighted by Gasteiger charge is -2.23. The molecule has 0 bridgehead atoms. The molecule has 1 atom stereocenters. The van der Waals surface area contributed by atoms with Crippen molar-refractivity contribution < 1.29 is 4.79 Å². The Hall–Kier alpha value is -1.39. The summed E-state index contributed by atoms with van der Waals surface area (Å²) >= 11 is 0. The van der Waals surface area contributed by atoms with Crippen molar-refractivity contribution in [2.75, 3.05) is 46.3 Å². The van der Waals surface area contributed by atoms with E-state index in [2.05, 4.69) is 29.4 Å². The van der Waals surface area contributed by atoms with E-state index in [4.69, 9.17) is 0 Å². The van der Waals surface area contributed by atoms with Gasteiger partial charge in [-0.2, -0.15) is 0 Å². The Morgan fingerprint density at radius 1 is 1.13 bits per heavy atom. The molecule has 2 fully saturated rings. The van der Waals surface area contributed by atoms with Crippen LogP contribution in [0.15, 0.2) is 24.3 Å². The Bertz CT molecular complexity index is 508. The first kappa shape index (κ1) is 16.5. The predicted octanol–water partition coefficient (Wildman–Crippen LogP) is 2.01. The lowest BCUT2D eigenvalue weighted by molar-refractivity contribution is 0.0763. The van der Waals surface area contributed by atoms with Gasteiger partial charge in [-0.15, -0.1) is 0 Å². The molecule has 0 aliphatic carbocycles. The molecule has 1 aromatic carbocycles. The third kappa shape index (κ3) is 4.55. The van der Waals surface area contributed by atoms with E-state index in [1.54, 1.807) is 0 Å². The van der Waals surface area contributed by atoms with Gasteiger partial charge in [0.25, 0.3) is 5.91 Å². The van der Waals surface area contributed by atoms with Gasteiger partial charge in [0.2, 0.25) is 0 Å². The summed E-state index contributed by atoms with van der Waals surface area (Å²) in [6, 6.07) is 8.32. The highest BCUT2D eigenvalue weighted by Crippen LogP contribution is 2.17. The predicted molar refractivity (Wildman–Crippen MR) is 93.8 cm³/mol. The summed E-state index contributed by atoms with van der Waals surface area (Å²) in [7, 11) is 2.13. The molecule has 4 heteroatoms. The minimum atomic E-state index is 0.186. The molecule has 3 rings (SSSR count). The number of rotatable bonds is 3. The molecule has 1 amide bonds. The number of carbonyl (C=O) groups is 1. The van der Waals surface area contributed by atoms with Crippen LogP contribution in [0.3, 0.4) is 0 Å². The fourth-order valence-electron chi connectivity index (χ4n) is 3.65. The number of hydrogen-bond donors (Lipinski definition) is 1. The first-order valence-corrected chi connectivity index (χ1v) is 9.00. The Labute approximate surface area is 139 Å². The molecule has 1 N–H and O–H groups in total. The van der Waals surface area contributed by atoms with Gasteiger partial charge in [0.05, 0.1) is 0 Å². The Kier molecular flexibility index (Phi) is 5.68. The smallest absolute Gasteiger partial charge is 0.253 e. The molecule has 0 radical (unpaired) electrons. The van der Waals surface area contributed by atoms with Crippen molar-refractivity contribution in [1.82, 2.24) is 15.1 Å². The lowest BCUT2D eigenvalue weighted by Crippen LogP contribution is -2.34. The number of nitrogens with zero attached hydrogens (tertiary/aromatic N) is 2. The van der Waals surface area contributed by atoms with Gasteiger partial charge in [0.1, 0.15) is 0 Å². The summed E-state index contributed by atoms with van der Waals surface area (Å²) in [6.45, 7) is 6.05. The maximum absolute atomic E-state index is 12.7. The fraction of sp³-hybridized carbons (Fsp3) is 0.632. The van der Waals surface area contributed by atoms with Crippen molar-refractivity contribution in [3.63, 3.8) is 0 Å². The second-order valence-corrected chi connectivity index (χ2v) is 7.06. The van der Waals surface area contributed by atoms with E-state index < -0.39 is 0 Å². The van der Waals surface area contributed by atoms with E-state index in [1.807, 2.05) is 17.0 Å². The summed E-state index contributed by atoms with van der Waals surface area (Å²) < 4.78 is 0.